The number of halogens is 1. The number of hydrogen-bond acceptors (Lipinski definition) is 5. The van der Waals surface area contributed by atoms with Gasteiger partial charge in [0, 0.05) is 11.1 Å². The van der Waals surface area contributed by atoms with Gasteiger partial charge in [-0.05, 0) is 61.7 Å². The SMILES string of the molecule is CCOc1cc(/C=C2/C(=O)N(C(C)c3ccccc3)C(=O)C(C#N)=C2C)ccc1OCc1ccccc1F. The lowest BCUT2D eigenvalue weighted by Crippen LogP contribution is -2.44. The van der Waals surface area contributed by atoms with Crippen molar-refractivity contribution in [3.05, 3.63) is 112 Å². The molecule has 38 heavy (non-hydrogen) atoms. The highest BCUT2D eigenvalue weighted by Gasteiger charge is 2.38. The van der Waals surface area contributed by atoms with E-state index in [9.17, 15) is 19.2 Å². The van der Waals surface area contributed by atoms with Gasteiger partial charge in [-0.2, -0.15) is 5.26 Å². The van der Waals surface area contributed by atoms with E-state index < -0.39 is 17.9 Å². The fourth-order valence-electron chi connectivity index (χ4n) is 4.27. The molecule has 0 aliphatic carbocycles. The van der Waals surface area contributed by atoms with Crippen LogP contribution in [-0.4, -0.2) is 23.3 Å². The fraction of sp³-hybridized carbons (Fsp3) is 0.194. The Balaban J connectivity index is 1.69. The number of imide groups is 1. The Bertz CT molecular complexity index is 1470. The maximum absolute atomic E-state index is 14.0. The first-order chi connectivity index (χ1) is 18.3. The first kappa shape index (κ1) is 26.4. The van der Waals surface area contributed by atoms with Crippen LogP contribution in [0.5, 0.6) is 11.5 Å². The van der Waals surface area contributed by atoms with Gasteiger partial charge in [0.05, 0.1) is 12.6 Å². The molecule has 0 fully saturated rings. The van der Waals surface area contributed by atoms with Crippen molar-refractivity contribution in [3.8, 4) is 17.6 Å². The Labute approximate surface area is 221 Å². The zero-order valence-electron chi connectivity index (χ0n) is 21.4. The number of nitrogens with zero attached hydrogens (tertiary/aromatic N) is 2. The minimum atomic E-state index is -0.615. The van der Waals surface area contributed by atoms with Crippen molar-refractivity contribution in [2.75, 3.05) is 6.61 Å². The predicted octanol–water partition coefficient (Wildman–Crippen LogP) is 6.16. The van der Waals surface area contributed by atoms with Crippen LogP contribution in [0, 0.1) is 17.1 Å². The smallest absolute Gasteiger partial charge is 0.272 e. The Morgan fingerprint density at radius 1 is 0.974 bits per heavy atom. The van der Waals surface area contributed by atoms with E-state index in [0.29, 0.717) is 34.8 Å². The number of amides is 2. The number of hydrogen-bond donors (Lipinski definition) is 0. The van der Waals surface area contributed by atoms with Gasteiger partial charge in [0.15, 0.2) is 11.5 Å². The van der Waals surface area contributed by atoms with Crippen LogP contribution in [0.2, 0.25) is 0 Å². The quantitative estimate of drug-likeness (QED) is 0.268. The molecule has 4 rings (SSSR count). The Kier molecular flexibility index (Phi) is 8.03. The zero-order chi connectivity index (χ0) is 27.2. The van der Waals surface area contributed by atoms with Crippen LogP contribution in [0.1, 0.15) is 43.5 Å². The van der Waals surface area contributed by atoms with E-state index in [-0.39, 0.29) is 23.6 Å². The molecule has 1 aliphatic heterocycles. The Morgan fingerprint density at radius 2 is 1.68 bits per heavy atom. The third kappa shape index (κ3) is 5.35. The van der Waals surface area contributed by atoms with Gasteiger partial charge in [-0.1, -0.05) is 54.6 Å². The Morgan fingerprint density at radius 3 is 2.37 bits per heavy atom. The van der Waals surface area contributed by atoms with Crippen molar-refractivity contribution < 1.29 is 23.5 Å². The van der Waals surface area contributed by atoms with Gasteiger partial charge in [-0.3, -0.25) is 14.5 Å². The van der Waals surface area contributed by atoms with E-state index >= 15 is 0 Å². The van der Waals surface area contributed by atoms with E-state index in [4.69, 9.17) is 9.47 Å². The summed E-state index contributed by atoms with van der Waals surface area (Å²) in [5, 5.41) is 9.74. The average Bonchev–Trinajstić information content (AvgIpc) is 2.92. The lowest BCUT2D eigenvalue weighted by Gasteiger charge is -2.32. The van der Waals surface area contributed by atoms with Crippen molar-refractivity contribution in [2.45, 2.75) is 33.4 Å². The second kappa shape index (κ2) is 11.6. The van der Waals surface area contributed by atoms with Crippen LogP contribution in [0.25, 0.3) is 6.08 Å². The molecule has 3 aromatic carbocycles. The summed E-state index contributed by atoms with van der Waals surface area (Å²) >= 11 is 0. The first-order valence-corrected chi connectivity index (χ1v) is 12.2. The van der Waals surface area contributed by atoms with Crippen molar-refractivity contribution in [1.82, 2.24) is 4.90 Å². The highest BCUT2D eigenvalue weighted by Crippen LogP contribution is 2.35. The topological polar surface area (TPSA) is 79.6 Å². The summed E-state index contributed by atoms with van der Waals surface area (Å²) < 4.78 is 25.6. The van der Waals surface area contributed by atoms with Gasteiger partial charge in [0.25, 0.3) is 11.8 Å². The van der Waals surface area contributed by atoms with E-state index in [1.807, 2.05) is 43.3 Å². The minimum Gasteiger partial charge on any atom is -0.490 e. The predicted molar refractivity (Wildman–Crippen MR) is 141 cm³/mol. The summed E-state index contributed by atoms with van der Waals surface area (Å²) in [7, 11) is 0. The lowest BCUT2D eigenvalue weighted by atomic mass is 9.91. The molecule has 1 aliphatic rings. The van der Waals surface area contributed by atoms with Crippen LogP contribution in [0.3, 0.4) is 0 Å². The lowest BCUT2D eigenvalue weighted by molar-refractivity contribution is -0.143. The molecule has 192 valence electrons. The highest BCUT2D eigenvalue weighted by atomic mass is 19.1. The number of carbonyl (C=O) groups excluding carboxylic acids is 2. The van der Waals surface area contributed by atoms with Crippen LogP contribution >= 0.6 is 0 Å². The minimum absolute atomic E-state index is 0.0213. The summed E-state index contributed by atoms with van der Waals surface area (Å²) in [6, 6.07) is 22.1. The standard InChI is InChI=1S/C31H27FN2O4/c1-4-37-29-17-22(14-15-28(29)38-19-24-12-8-9-13-27(24)32)16-25-20(2)26(18-33)31(36)34(30(25)35)21(3)23-10-6-5-7-11-23/h5-17,21H,4,19H2,1-3H3/b25-16+. The maximum atomic E-state index is 14.0. The van der Waals surface area contributed by atoms with Crippen LogP contribution in [0.4, 0.5) is 4.39 Å². The fourth-order valence-corrected chi connectivity index (χ4v) is 4.27. The number of rotatable bonds is 8. The van der Waals surface area contributed by atoms with Crippen LogP contribution < -0.4 is 9.47 Å². The van der Waals surface area contributed by atoms with Crippen molar-refractivity contribution >= 4 is 17.9 Å². The molecule has 0 radical (unpaired) electrons. The Hall–Kier alpha value is -4.70. The number of nitriles is 1. The molecule has 1 heterocycles. The monoisotopic (exact) mass is 510 g/mol. The molecule has 0 N–H and O–H groups in total. The molecule has 7 heteroatoms. The van der Waals surface area contributed by atoms with E-state index in [1.165, 1.54) is 6.07 Å². The van der Waals surface area contributed by atoms with E-state index in [0.717, 1.165) is 10.5 Å². The van der Waals surface area contributed by atoms with E-state index in [2.05, 4.69) is 0 Å². The third-order valence-electron chi connectivity index (χ3n) is 6.36. The largest absolute Gasteiger partial charge is 0.490 e. The van der Waals surface area contributed by atoms with Gasteiger partial charge in [-0.15, -0.1) is 0 Å². The number of ether oxygens (including phenoxy) is 2. The third-order valence-corrected chi connectivity index (χ3v) is 6.36. The molecular formula is C31H27FN2O4. The molecule has 1 atom stereocenters. The molecule has 0 saturated carbocycles. The summed E-state index contributed by atoms with van der Waals surface area (Å²) in [5.41, 5.74) is 2.29. The summed E-state index contributed by atoms with van der Waals surface area (Å²) in [6.45, 7) is 5.57. The molecule has 0 spiro atoms. The normalized spacial score (nSPS) is 15.4. The van der Waals surface area contributed by atoms with Gasteiger partial charge in [0.1, 0.15) is 24.1 Å². The van der Waals surface area contributed by atoms with Crippen LogP contribution in [-0.2, 0) is 16.2 Å². The van der Waals surface area contributed by atoms with Gasteiger partial charge < -0.3 is 9.47 Å². The van der Waals surface area contributed by atoms with Gasteiger partial charge in [0.2, 0.25) is 0 Å². The molecule has 6 nitrogen and oxygen atoms in total. The second-order valence-corrected chi connectivity index (χ2v) is 8.76. The first-order valence-electron chi connectivity index (χ1n) is 12.2. The molecule has 0 bridgehead atoms. The summed E-state index contributed by atoms with van der Waals surface area (Å²) in [5.74, 6) is -0.612. The summed E-state index contributed by atoms with van der Waals surface area (Å²) in [6.07, 6.45) is 1.63. The van der Waals surface area contributed by atoms with Crippen molar-refractivity contribution in [3.63, 3.8) is 0 Å². The number of benzene rings is 3. The molecule has 2 amide bonds. The molecule has 3 aromatic rings. The highest BCUT2D eigenvalue weighted by molar-refractivity contribution is 6.20. The maximum Gasteiger partial charge on any atom is 0.272 e. The van der Waals surface area contributed by atoms with Gasteiger partial charge in [-0.25, -0.2) is 4.39 Å². The summed E-state index contributed by atoms with van der Waals surface area (Å²) in [4.78, 5) is 27.8. The van der Waals surface area contributed by atoms with Gasteiger partial charge >= 0.3 is 0 Å². The average molecular weight is 511 g/mol. The number of carbonyl (C=O) groups is 2. The molecule has 1 unspecified atom stereocenters. The molecule has 0 aromatic heterocycles. The van der Waals surface area contributed by atoms with E-state index in [1.54, 1.807) is 56.3 Å². The molecule has 0 saturated heterocycles. The zero-order valence-corrected chi connectivity index (χ0v) is 21.4. The van der Waals surface area contributed by atoms with Crippen LogP contribution in [0.15, 0.2) is 89.5 Å². The second-order valence-electron chi connectivity index (χ2n) is 8.76. The molecular weight excluding hydrogens is 483 g/mol. The van der Waals surface area contributed by atoms with Crippen molar-refractivity contribution in [1.29, 1.82) is 5.26 Å². The van der Waals surface area contributed by atoms with Crippen molar-refractivity contribution in [2.24, 2.45) is 0 Å².